The molecule has 0 saturated carbocycles. The molecule has 21 heavy (non-hydrogen) atoms. The fourth-order valence-electron chi connectivity index (χ4n) is 3.67. The van der Waals surface area contributed by atoms with Crippen molar-refractivity contribution in [3.8, 4) is 0 Å². The number of nitrogens with zero attached hydrogens (tertiary/aromatic N) is 1. The quantitative estimate of drug-likeness (QED) is 0.923. The Balaban J connectivity index is 1.86. The van der Waals surface area contributed by atoms with Crippen LogP contribution in [0.2, 0.25) is 0 Å². The molecule has 1 heterocycles. The molecule has 2 nitrogen and oxygen atoms in total. The maximum absolute atomic E-state index is 6.02. The SMILES string of the molecule is CC1CCN(C(C)c2ccc3ccccc3c2)C(CN)C1. The molecule has 0 aromatic heterocycles. The van der Waals surface area contributed by atoms with Gasteiger partial charge in [0.2, 0.25) is 0 Å². The van der Waals surface area contributed by atoms with Gasteiger partial charge in [-0.05, 0) is 54.6 Å². The van der Waals surface area contributed by atoms with Crippen molar-refractivity contribution in [1.29, 1.82) is 0 Å². The van der Waals surface area contributed by atoms with Crippen molar-refractivity contribution in [3.05, 3.63) is 48.0 Å². The van der Waals surface area contributed by atoms with Crippen LogP contribution < -0.4 is 5.73 Å². The van der Waals surface area contributed by atoms with E-state index in [1.807, 2.05) is 0 Å². The van der Waals surface area contributed by atoms with Crippen molar-refractivity contribution >= 4 is 10.8 Å². The predicted octanol–water partition coefficient (Wildman–Crippen LogP) is 3.96. The molecule has 2 heteroatoms. The Bertz CT molecular complexity index is 607. The summed E-state index contributed by atoms with van der Waals surface area (Å²) in [6.45, 7) is 6.60. The number of likely N-dealkylation sites (tertiary alicyclic amines) is 1. The van der Waals surface area contributed by atoms with Gasteiger partial charge in [-0.25, -0.2) is 0 Å². The number of benzene rings is 2. The van der Waals surface area contributed by atoms with Crippen LogP contribution in [0.15, 0.2) is 42.5 Å². The molecule has 1 aliphatic rings. The molecule has 112 valence electrons. The normalized spacial score (nSPS) is 25.1. The molecule has 0 spiro atoms. The fraction of sp³-hybridized carbons (Fsp3) is 0.474. The predicted molar refractivity (Wildman–Crippen MR) is 90.3 cm³/mol. The number of nitrogens with two attached hydrogens (primary N) is 1. The van der Waals surface area contributed by atoms with Crippen LogP contribution in [0.1, 0.15) is 38.3 Å². The highest BCUT2D eigenvalue weighted by atomic mass is 15.2. The Morgan fingerprint density at radius 3 is 2.71 bits per heavy atom. The number of hydrogen-bond donors (Lipinski definition) is 1. The van der Waals surface area contributed by atoms with Crippen molar-refractivity contribution in [2.45, 2.75) is 38.8 Å². The van der Waals surface area contributed by atoms with Gasteiger partial charge in [-0.3, -0.25) is 4.90 Å². The van der Waals surface area contributed by atoms with Gasteiger partial charge in [0, 0.05) is 18.6 Å². The summed E-state index contributed by atoms with van der Waals surface area (Å²) in [4.78, 5) is 2.60. The van der Waals surface area contributed by atoms with Crippen LogP contribution in [0.4, 0.5) is 0 Å². The molecule has 1 aliphatic heterocycles. The number of rotatable bonds is 3. The van der Waals surface area contributed by atoms with Gasteiger partial charge in [0.05, 0.1) is 0 Å². The Morgan fingerprint density at radius 2 is 1.95 bits per heavy atom. The second-order valence-corrected chi connectivity index (χ2v) is 6.54. The van der Waals surface area contributed by atoms with Gasteiger partial charge in [0.1, 0.15) is 0 Å². The first kappa shape index (κ1) is 14.6. The van der Waals surface area contributed by atoms with E-state index < -0.39 is 0 Å². The monoisotopic (exact) mass is 282 g/mol. The van der Waals surface area contributed by atoms with E-state index >= 15 is 0 Å². The average molecular weight is 282 g/mol. The Morgan fingerprint density at radius 1 is 1.19 bits per heavy atom. The lowest BCUT2D eigenvalue weighted by atomic mass is 9.90. The first-order valence-corrected chi connectivity index (χ1v) is 8.13. The lowest BCUT2D eigenvalue weighted by Crippen LogP contribution is -2.47. The average Bonchev–Trinajstić information content (AvgIpc) is 2.53. The van der Waals surface area contributed by atoms with Crippen molar-refractivity contribution in [2.24, 2.45) is 11.7 Å². The van der Waals surface area contributed by atoms with E-state index in [4.69, 9.17) is 5.73 Å². The molecule has 0 bridgehead atoms. The maximum Gasteiger partial charge on any atom is 0.0323 e. The third-order valence-electron chi connectivity index (χ3n) is 5.05. The van der Waals surface area contributed by atoms with Crippen LogP contribution in [-0.2, 0) is 0 Å². The highest BCUT2D eigenvalue weighted by molar-refractivity contribution is 5.83. The van der Waals surface area contributed by atoms with Crippen molar-refractivity contribution in [3.63, 3.8) is 0 Å². The smallest absolute Gasteiger partial charge is 0.0323 e. The molecule has 2 N–H and O–H groups in total. The Labute approximate surface area is 127 Å². The molecule has 1 saturated heterocycles. The third-order valence-corrected chi connectivity index (χ3v) is 5.05. The Kier molecular flexibility index (Phi) is 4.27. The summed E-state index contributed by atoms with van der Waals surface area (Å²) in [7, 11) is 0. The summed E-state index contributed by atoms with van der Waals surface area (Å²) in [6, 6.07) is 16.4. The van der Waals surface area contributed by atoms with E-state index in [2.05, 4.69) is 61.2 Å². The molecule has 3 atom stereocenters. The molecule has 0 aliphatic carbocycles. The van der Waals surface area contributed by atoms with Gasteiger partial charge in [-0.2, -0.15) is 0 Å². The van der Waals surface area contributed by atoms with E-state index in [1.165, 1.54) is 29.2 Å². The summed E-state index contributed by atoms with van der Waals surface area (Å²) in [5.41, 5.74) is 7.42. The summed E-state index contributed by atoms with van der Waals surface area (Å²) in [5, 5.41) is 2.65. The van der Waals surface area contributed by atoms with Gasteiger partial charge in [0.15, 0.2) is 0 Å². The van der Waals surface area contributed by atoms with Crippen LogP contribution in [0.3, 0.4) is 0 Å². The highest BCUT2D eigenvalue weighted by Gasteiger charge is 2.29. The topological polar surface area (TPSA) is 29.3 Å². The zero-order valence-electron chi connectivity index (χ0n) is 13.1. The van der Waals surface area contributed by atoms with Crippen molar-refractivity contribution < 1.29 is 0 Å². The van der Waals surface area contributed by atoms with Crippen LogP contribution in [-0.4, -0.2) is 24.0 Å². The van der Waals surface area contributed by atoms with E-state index in [1.54, 1.807) is 0 Å². The third kappa shape index (κ3) is 2.97. The highest BCUT2D eigenvalue weighted by Crippen LogP contribution is 2.31. The van der Waals surface area contributed by atoms with Crippen molar-refractivity contribution in [1.82, 2.24) is 4.90 Å². The summed E-state index contributed by atoms with van der Waals surface area (Å²) in [6.07, 6.45) is 2.52. The molecule has 0 amide bonds. The van der Waals surface area contributed by atoms with Gasteiger partial charge in [-0.15, -0.1) is 0 Å². The number of hydrogen-bond acceptors (Lipinski definition) is 2. The fourth-order valence-corrected chi connectivity index (χ4v) is 3.67. The minimum Gasteiger partial charge on any atom is -0.329 e. The first-order valence-electron chi connectivity index (χ1n) is 8.13. The minimum absolute atomic E-state index is 0.440. The maximum atomic E-state index is 6.02. The lowest BCUT2D eigenvalue weighted by Gasteiger charge is -2.42. The van der Waals surface area contributed by atoms with E-state index in [9.17, 15) is 0 Å². The molecule has 2 aromatic rings. The van der Waals surface area contributed by atoms with Crippen LogP contribution in [0.5, 0.6) is 0 Å². The van der Waals surface area contributed by atoms with Gasteiger partial charge in [0.25, 0.3) is 0 Å². The molecule has 2 aromatic carbocycles. The van der Waals surface area contributed by atoms with Crippen LogP contribution in [0, 0.1) is 5.92 Å². The largest absolute Gasteiger partial charge is 0.329 e. The van der Waals surface area contributed by atoms with Crippen LogP contribution >= 0.6 is 0 Å². The number of piperidine rings is 1. The zero-order chi connectivity index (χ0) is 14.8. The van der Waals surface area contributed by atoms with E-state index in [0.717, 1.165) is 19.0 Å². The van der Waals surface area contributed by atoms with Crippen LogP contribution in [0.25, 0.3) is 10.8 Å². The lowest BCUT2D eigenvalue weighted by molar-refractivity contribution is 0.0835. The zero-order valence-corrected chi connectivity index (χ0v) is 13.1. The van der Waals surface area contributed by atoms with E-state index in [0.29, 0.717) is 12.1 Å². The minimum atomic E-state index is 0.440. The molecular weight excluding hydrogens is 256 g/mol. The van der Waals surface area contributed by atoms with Gasteiger partial charge >= 0.3 is 0 Å². The first-order chi connectivity index (χ1) is 10.2. The summed E-state index contributed by atoms with van der Waals surface area (Å²) >= 11 is 0. The molecule has 3 unspecified atom stereocenters. The van der Waals surface area contributed by atoms with E-state index in [-0.39, 0.29) is 0 Å². The molecule has 0 radical (unpaired) electrons. The Hall–Kier alpha value is -1.38. The molecule has 3 rings (SSSR count). The van der Waals surface area contributed by atoms with Gasteiger partial charge < -0.3 is 5.73 Å². The second kappa shape index (κ2) is 6.17. The standard InChI is InChI=1S/C19H26N2/c1-14-9-10-21(19(11-14)13-20)15(2)17-8-7-16-5-3-4-6-18(16)12-17/h3-8,12,14-15,19H,9-11,13,20H2,1-2H3. The summed E-state index contributed by atoms with van der Waals surface area (Å²) in [5.74, 6) is 0.804. The number of fused-ring (bicyclic) bond motifs is 1. The second-order valence-electron chi connectivity index (χ2n) is 6.54. The summed E-state index contributed by atoms with van der Waals surface area (Å²) < 4.78 is 0. The van der Waals surface area contributed by atoms with Gasteiger partial charge in [-0.1, -0.05) is 43.3 Å². The van der Waals surface area contributed by atoms with Crippen molar-refractivity contribution in [2.75, 3.05) is 13.1 Å². The molecule has 1 fully saturated rings. The molecular formula is C19H26N2.